The van der Waals surface area contributed by atoms with Gasteiger partial charge in [0.15, 0.2) is 11.6 Å². The number of nitrogens with zero attached hydrogens (tertiary/aromatic N) is 2. The van der Waals surface area contributed by atoms with Crippen LogP contribution in [0.4, 0.5) is 24.1 Å². The molecule has 3 unspecified atom stereocenters. The van der Waals surface area contributed by atoms with Crippen LogP contribution in [-0.4, -0.2) is 47.7 Å². The van der Waals surface area contributed by atoms with Crippen molar-refractivity contribution in [3.05, 3.63) is 46.3 Å². The van der Waals surface area contributed by atoms with E-state index in [1.165, 1.54) is 4.57 Å². The summed E-state index contributed by atoms with van der Waals surface area (Å²) in [6.07, 6.45) is 3.38. The zero-order valence-electron chi connectivity index (χ0n) is 18.7. The molecule has 34 heavy (non-hydrogen) atoms. The second kappa shape index (κ2) is 9.32. The molecule has 4 rings (SSSR count). The highest BCUT2D eigenvalue weighted by molar-refractivity contribution is 5.86. The number of carbonyl (C=O) groups excluding carboxylic acids is 1. The van der Waals surface area contributed by atoms with Crippen LogP contribution in [-0.2, 0) is 11.3 Å². The maximum Gasteiger partial charge on any atom is 0.511 e. The van der Waals surface area contributed by atoms with Crippen LogP contribution in [0.15, 0.2) is 29.2 Å². The quantitative estimate of drug-likeness (QED) is 0.501. The predicted octanol–water partition coefficient (Wildman–Crippen LogP) is 3.48. The van der Waals surface area contributed by atoms with Crippen molar-refractivity contribution in [2.75, 3.05) is 24.6 Å². The molecule has 1 aliphatic heterocycles. The number of aromatic nitrogens is 1. The summed E-state index contributed by atoms with van der Waals surface area (Å²) >= 11 is 0. The summed E-state index contributed by atoms with van der Waals surface area (Å²) in [6.45, 7) is 4.44. The molecule has 2 heterocycles. The van der Waals surface area contributed by atoms with Crippen LogP contribution >= 0.6 is 0 Å². The number of ether oxygens (including phenoxy) is 2. The van der Waals surface area contributed by atoms with E-state index in [0.717, 1.165) is 12.3 Å². The smallest absolute Gasteiger partial charge is 0.450 e. The lowest BCUT2D eigenvalue weighted by atomic mass is 9.83. The molecule has 9 nitrogen and oxygen atoms in total. The lowest BCUT2D eigenvalue weighted by Crippen LogP contribution is -2.44. The van der Waals surface area contributed by atoms with Crippen molar-refractivity contribution < 1.29 is 33.0 Å². The largest absolute Gasteiger partial charge is 0.511 e. The number of carbonyl (C=O) groups is 2. The Hall–Kier alpha value is -3.63. The van der Waals surface area contributed by atoms with Gasteiger partial charge in [-0.05, 0) is 26.3 Å². The number of hydrogen-bond acceptors (Lipinski definition) is 6. The molecule has 1 amide bonds. The van der Waals surface area contributed by atoms with Gasteiger partial charge in [-0.2, -0.15) is 0 Å². The summed E-state index contributed by atoms with van der Waals surface area (Å²) in [5, 5.41) is 11.4. The fourth-order valence-corrected chi connectivity index (χ4v) is 4.89. The van der Waals surface area contributed by atoms with E-state index >= 15 is 8.78 Å². The number of carboxylic acid groups (broad SMARTS) is 1. The van der Waals surface area contributed by atoms with Gasteiger partial charge in [0, 0.05) is 37.5 Å². The molecule has 1 aromatic carbocycles. The summed E-state index contributed by atoms with van der Waals surface area (Å²) in [4.78, 5) is 37.1. The Kier molecular flexibility index (Phi) is 6.45. The Morgan fingerprint density at radius 3 is 2.71 bits per heavy atom. The number of pyridine rings is 1. The van der Waals surface area contributed by atoms with Gasteiger partial charge in [-0.1, -0.05) is 12.2 Å². The van der Waals surface area contributed by atoms with Crippen LogP contribution < -0.4 is 20.4 Å². The molecular weight excluding hydrogens is 452 g/mol. The Balaban J connectivity index is 1.73. The van der Waals surface area contributed by atoms with Crippen molar-refractivity contribution in [1.82, 2.24) is 9.88 Å². The van der Waals surface area contributed by atoms with Crippen LogP contribution in [0.25, 0.3) is 10.9 Å². The van der Waals surface area contributed by atoms with E-state index in [2.05, 4.69) is 10.1 Å². The van der Waals surface area contributed by atoms with Gasteiger partial charge >= 0.3 is 12.2 Å². The molecule has 2 N–H and O–H groups in total. The first-order chi connectivity index (χ1) is 16.2. The van der Waals surface area contributed by atoms with E-state index < -0.39 is 35.1 Å². The highest BCUT2D eigenvalue weighted by atomic mass is 19.1. The normalized spacial score (nSPS) is 21.4. The van der Waals surface area contributed by atoms with Crippen LogP contribution in [0.3, 0.4) is 0 Å². The molecule has 0 radical (unpaired) electrons. The molecule has 182 valence electrons. The number of hydrogen-bond donors (Lipinski definition) is 2. The van der Waals surface area contributed by atoms with Crippen molar-refractivity contribution in [3.63, 3.8) is 0 Å². The van der Waals surface area contributed by atoms with E-state index in [-0.39, 0.29) is 47.6 Å². The fourth-order valence-electron chi connectivity index (χ4n) is 4.89. The van der Waals surface area contributed by atoms with Gasteiger partial charge in [-0.15, -0.1) is 0 Å². The molecule has 11 heteroatoms. The summed E-state index contributed by atoms with van der Waals surface area (Å²) in [7, 11) is 0. The standard InChI is InChI=1S/C23H25F2N3O6/c1-3-27-11-17(34-23(31)32)21(29)13-8-15(24)20(18(25)19(13)27)28-9-12-6-5-7-16(14(12)10-28)26-22(30)33-4-2/h5-6,8,11-12,14,16H,3-4,7,9-10H2,1-2H3,(H,26,30)(H,31,32). The SMILES string of the molecule is CCOC(=O)NC1CC=CC2CN(c3c(F)cc4c(=O)c(OC(=O)O)cn(CC)c4c3F)CC21. The van der Waals surface area contributed by atoms with E-state index in [4.69, 9.17) is 9.84 Å². The second-order valence-corrected chi connectivity index (χ2v) is 8.26. The second-order valence-electron chi connectivity index (χ2n) is 8.26. The van der Waals surface area contributed by atoms with E-state index in [1.54, 1.807) is 18.7 Å². The van der Waals surface area contributed by atoms with Crippen molar-refractivity contribution >= 4 is 28.8 Å². The highest BCUT2D eigenvalue weighted by Gasteiger charge is 2.41. The van der Waals surface area contributed by atoms with Crippen LogP contribution in [0.5, 0.6) is 5.75 Å². The Bertz CT molecular complexity index is 1230. The zero-order chi connectivity index (χ0) is 24.6. The molecule has 3 atom stereocenters. The molecule has 1 aromatic heterocycles. The minimum absolute atomic E-state index is 0.0325. The average Bonchev–Trinajstić information content (AvgIpc) is 3.20. The van der Waals surface area contributed by atoms with Crippen LogP contribution in [0, 0.1) is 23.5 Å². The number of rotatable bonds is 5. The van der Waals surface area contributed by atoms with Gasteiger partial charge in [0.1, 0.15) is 11.5 Å². The minimum atomic E-state index is -1.70. The van der Waals surface area contributed by atoms with Crippen molar-refractivity contribution in [2.45, 2.75) is 32.9 Å². The van der Waals surface area contributed by atoms with Gasteiger partial charge in [-0.25, -0.2) is 18.4 Å². The number of amides is 1. The van der Waals surface area contributed by atoms with Crippen LogP contribution in [0.1, 0.15) is 20.3 Å². The summed E-state index contributed by atoms with van der Waals surface area (Å²) in [6, 6.07) is 0.679. The number of benzene rings is 1. The molecule has 1 saturated heterocycles. The molecule has 0 saturated carbocycles. The van der Waals surface area contributed by atoms with Gasteiger partial charge in [0.2, 0.25) is 5.43 Å². The molecule has 0 bridgehead atoms. The van der Waals surface area contributed by atoms with Gasteiger partial charge in [0.05, 0.1) is 23.7 Å². The summed E-state index contributed by atoms with van der Waals surface area (Å²) in [5.41, 5.74) is -1.31. The Morgan fingerprint density at radius 2 is 2.03 bits per heavy atom. The first-order valence-electron chi connectivity index (χ1n) is 11.1. The average molecular weight is 477 g/mol. The van der Waals surface area contributed by atoms with Crippen molar-refractivity contribution in [1.29, 1.82) is 0 Å². The Morgan fingerprint density at radius 1 is 1.26 bits per heavy atom. The van der Waals surface area contributed by atoms with Crippen molar-refractivity contribution in [2.24, 2.45) is 11.8 Å². The Labute approximate surface area is 193 Å². The first-order valence-corrected chi connectivity index (χ1v) is 11.1. The number of fused-ring (bicyclic) bond motifs is 2. The van der Waals surface area contributed by atoms with Crippen molar-refractivity contribution in [3.8, 4) is 5.75 Å². The number of aryl methyl sites for hydroxylation is 1. The molecule has 0 spiro atoms. The van der Waals surface area contributed by atoms with Gasteiger partial charge in [0.25, 0.3) is 0 Å². The number of anilines is 1. The third-order valence-corrected chi connectivity index (χ3v) is 6.33. The summed E-state index contributed by atoms with van der Waals surface area (Å²) < 4.78 is 41.8. The molecule has 2 aromatic rings. The van der Waals surface area contributed by atoms with E-state index in [9.17, 15) is 14.4 Å². The predicted molar refractivity (Wildman–Crippen MR) is 119 cm³/mol. The zero-order valence-corrected chi connectivity index (χ0v) is 18.7. The lowest BCUT2D eigenvalue weighted by Gasteiger charge is -2.29. The van der Waals surface area contributed by atoms with Gasteiger partial charge < -0.3 is 29.4 Å². The third-order valence-electron chi connectivity index (χ3n) is 6.33. The fraction of sp³-hybridized carbons (Fsp3) is 0.435. The number of alkyl carbamates (subject to hydrolysis) is 1. The maximum absolute atomic E-state index is 15.8. The van der Waals surface area contributed by atoms with Gasteiger partial charge in [-0.3, -0.25) is 4.79 Å². The highest BCUT2D eigenvalue weighted by Crippen LogP contribution is 2.39. The first kappa shape index (κ1) is 23.5. The number of halogens is 2. The number of nitrogens with one attached hydrogen (secondary N) is 1. The van der Waals surface area contributed by atoms with E-state index in [1.807, 2.05) is 12.2 Å². The van der Waals surface area contributed by atoms with Crippen LogP contribution in [0.2, 0.25) is 0 Å². The molecule has 2 aliphatic rings. The van der Waals surface area contributed by atoms with E-state index in [0.29, 0.717) is 19.5 Å². The summed E-state index contributed by atoms with van der Waals surface area (Å²) in [5.74, 6) is -2.49. The molecule has 1 fully saturated rings. The lowest BCUT2D eigenvalue weighted by molar-refractivity contribution is 0.141. The topological polar surface area (TPSA) is 110 Å². The maximum atomic E-state index is 15.8. The molecule has 1 aliphatic carbocycles. The minimum Gasteiger partial charge on any atom is -0.450 e. The molecular formula is C23H25F2N3O6. The monoisotopic (exact) mass is 477 g/mol. The third kappa shape index (κ3) is 4.17.